The Balaban J connectivity index is 1.68. The first-order valence-corrected chi connectivity index (χ1v) is 9.53. The molecule has 2 heterocycles. The predicted octanol–water partition coefficient (Wildman–Crippen LogP) is 3.53. The van der Waals surface area contributed by atoms with Crippen LogP contribution < -0.4 is 0 Å². The summed E-state index contributed by atoms with van der Waals surface area (Å²) in [7, 11) is 0. The largest absolute Gasteiger partial charge is 0.377 e. The Morgan fingerprint density at radius 2 is 1.85 bits per heavy atom. The van der Waals surface area contributed by atoms with Crippen LogP contribution in [0, 0.1) is 6.92 Å². The minimum absolute atomic E-state index is 0.0290. The maximum absolute atomic E-state index is 12.5. The third-order valence-corrected chi connectivity index (χ3v) is 5.62. The fraction of sp³-hybridized carbons (Fsp3) is 0.409. The molecule has 5 nitrogen and oxygen atoms in total. The molecule has 1 saturated heterocycles. The van der Waals surface area contributed by atoms with E-state index in [0.29, 0.717) is 5.56 Å². The molecule has 1 aliphatic heterocycles. The number of nitrogens with zero attached hydrogens (tertiary/aromatic N) is 3. The molecule has 0 spiro atoms. The van der Waals surface area contributed by atoms with Crippen LogP contribution in [0.1, 0.15) is 48.3 Å². The molecule has 1 fully saturated rings. The number of aryl methyl sites for hydroxylation is 2. The second kappa shape index (κ2) is 7.91. The number of carbonyl (C=O) groups is 2. The fourth-order valence-corrected chi connectivity index (χ4v) is 3.84. The van der Waals surface area contributed by atoms with Crippen LogP contribution in [-0.2, 0) is 16.8 Å². The number of benzene rings is 1. The van der Waals surface area contributed by atoms with Crippen LogP contribution in [-0.4, -0.2) is 39.3 Å². The van der Waals surface area contributed by atoms with Gasteiger partial charge in [-0.15, -0.1) is 0 Å². The van der Waals surface area contributed by atoms with Crippen LogP contribution >= 0.6 is 0 Å². The molecule has 0 aliphatic carbocycles. The van der Waals surface area contributed by atoms with Crippen LogP contribution in [0.3, 0.4) is 0 Å². The lowest BCUT2D eigenvalue weighted by molar-refractivity contribution is -0.124. The van der Waals surface area contributed by atoms with Crippen LogP contribution in [0.4, 0.5) is 0 Å². The summed E-state index contributed by atoms with van der Waals surface area (Å²) < 4.78 is 1.78. The van der Waals surface area contributed by atoms with Gasteiger partial charge in [0.2, 0.25) is 0 Å². The maximum Gasteiger partial charge on any atom is 0.190 e. The van der Waals surface area contributed by atoms with Crippen molar-refractivity contribution in [1.29, 1.82) is 0 Å². The van der Waals surface area contributed by atoms with Gasteiger partial charge >= 0.3 is 0 Å². The van der Waals surface area contributed by atoms with Crippen LogP contribution in [0.2, 0.25) is 0 Å². The third-order valence-electron chi connectivity index (χ3n) is 5.62. The zero-order valence-electron chi connectivity index (χ0n) is 16.3. The van der Waals surface area contributed by atoms with Gasteiger partial charge < -0.3 is 4.90 Å². The zero-order valence-corrected chi connectivity index (χ0v) is 16.3. The maximum atomic E-state index is 12.5. The highest BCUT2D eigenvalue weighted by molar-refractivity contribution is 6.05. The molecule has 142 valence electrons. The van der Waals surface area contributed by atoms with Crippen molar-refractivity contribution in [2.24, 2.45) is 0 Å². The van der Waals surface area contributed by atoms with Gasteiger partial charge in [0.1, 0.15) is 5.78 Å². The quantitative estimate of drug-likeness (QED) is 0.580. The monoisotopic (exact) mass is 365 g/mol. The van der Waals surface area contributed by atoms with Crippen LogP contribution in [0.15, 0.2) is 48.8 Å². The Morgan fingerprint density at radius 1 is 1.19 bits per heavy atom. The molecule has 27 heavy (non-hydrogen) atoms. The Kier molecular flexibility index (Phi) is 5.59. The molecule has 0 radical (unpaired) electrons. The number of ketones is 2. The van der Waals surface area contributed by atoms with E-state index in [1.54, 1.807) is 23.9 Å². The molecule has 0 amide bonds. The number of piperidine rings is 1. The molecule has 0 bridgehead atoms. The summed E-state index contributed by atoms with van der Waals surface area (Å²) in [4.78, 5) is 27.0. The average Bonchev–Trinajstić information content (AvgIpc) is 3.08. The van der Waals surface area contributed by atoms with Gasteiger partial charge in [-0.3, -0.25) is 14.3 Å². The summed E-state index contributed by atoms with van der Waals surface area (Å²) in [6.07, 6.45) is 6.80. The van der Waals surface area contributed by atoms with Gasteiger partial charge in [-0.2, -0.15) is 5.10 Å². The predicted molar refractivity (Wildman–Crippen MR) is 106 cm³/mol. The average molecular weight is 365 g/mol. The molecule has 2 aromatic rings. The number of hydrogen-bond acceptors (Lipinski definition) is 4. The molecule has 0 N–H and O–H groups in total. The van der Waals surface area contributed by atoms with E-state index in [-0.39, 0.29) is 11.6 Å². The van der Waals surface area contributed by atoms with Gasteiger partial charge in [0.15, 0.2) is 5.78 Å². The normalized spacial score (nSPS) is 16.6. The SMILES string of the molecule is CCn1cc(C(=O)C=CN2CCC(C(C)=O)(c3ccccc3)CC2)c(C)n1. The van der Waals surface area contributed by atoms with E-state index in [2.05, 4.69) is 10.00 Å². The summed E-state index contributed by atoms with van der Waals surface area (Å²) in [6.45, 7) is 7.80. The molecule has 5 heteroatoms. The first kappa shape index (κ1) is 19.1. The number of hydrogen-bond donors (Lipinski definition) is 0. The van der Waals surface area contributed by atoms with Gasteiger partial charge in [-0.05, 0) is 39.2 Å². The summed E-state index contributed by atoms with van der Waals surface area (Å²) >= 11 is 0. The number of Topliss-reactive ketones (excluding diaryl/α,β-unsaturated/α-hetero) is 1. The lowest BCUT2D eigenvalue weighted by Gasteiger charge is -2.40. The van der Waals surface area contributed by atoms with Crippen molar-refractivity contribution in [3.05, 3.63) is 65.6 Å². The van der Waals surface area contributed by atoms with Crippen molar-refractivity contribution in [2.75, 3.05) is 13.1 Å². The first-order valence-electron chi connectivity index (χ1n) is 9.53. The molecule has 1 aliphatic rings. The van der Waals surface area contributed by atoms with E-state index in [1.165, 1.54) is 0 Å². The highest BCUT2D eigenvalue weighted by atomic mass is 16.1. The minimum Gasteiger partial charge on any atom is -0.377 e. The van der Waals surface area contributed by atoms with E-state index >= 15 is 0 Å². The number of rotatable bonds is 6. The molecule has 1 aromatic carbocycles. The summed E-state index contributed by atoms with van der Waals surface area (Å²) in [6, 6.07) is 10.0. The minimum atomic E-state index is -0.408. The second-order valence-electron chi connectivity index (χ2n) is 7.20. The van der Waals surface area contributed by atoms with Crippen LogP contribution in [0.5, 0.6) is 0 Å². The van der Waals surface area contributed by atoms with E-state index < -0.39 is 5.41 Å². The fourth-order valence-electron chi connectivity index (χ4n) is 3.84. The van der Waals surface area contributed by atoms with E-state index in [4.69, 9.17) is 0 Å². The number of carbonyl (C=O) groups excluding carboxylic acids is 2. The molecule has 0 unspecified atom stereocenters. The van der Waals surface area contributed by atoms with Gasteiger partial charge in [0.05, 0.1) is 16.7 Å². The smallest absolute Gasteiger partial charge is 0.190 e. The summed E-state index contributed by atoms with van der Waals surface area (Å²) in [5.74, 6) is 0.190. The Morgan fingerprint density at radius 3 is 2.41 bits per heavy atom. The second-order valence-corrected chi connectivity index (χ2v) is 7.20. The van der Waals surface area contributed by atoms with Gasteiger partial charge in [0.25, 0.3) is 0 Å². The summed E-state index contributed by atoms with van der Waals surface area (Å²) in [5.41, 5.74) is 2.09. The van der Waals surface area contributed by atoms with Crippen molar-refractivity contribution in [3.8, 4) is 0 Å². The molecule has 0 saturated carbocycles. The standard InChI is InChI=1S/C22H27N3O2/c1-4-25-16-20(17(2)23-25)21(27)10-13-24-14-11-22(12-15-24,18(3)26)19-8-6-5-7-9-19/h5-10,13,16H,4,11-12,14-15H2,1-3H3. The van der Waals surface area contributed by atoms with Crippen LogP contribution in [0.25, 0.3) is 0 Å². The highest BCUT2D eigenvalue weighted by Crippen LogP contribution is 2.36. The third kappa shape index (κ3) is 3.87. The molecule has 1 aromatic heterocycles. The van der Waals surface area contributed by atoms with Gasteiger partial charge in [-0.25, -0.2) is 0 Å². The molecular weight excluding hydrogens is 338 g/mol. The lowest BCUT2D eigenvalue weighted by Crippen LogP contribution is -2.44. The highest BCUT2D eigenvalue weighted by Gasteiger charge is 2.39. The van der Waals surface area contributed by atoms with Crippen molar-refractivity contribution >= 4 is 11.6 Å². The van der Waals surface area contributed by atoms with Crippen molar-refractivity contribution in [3.63, 3.8) is 0 Å². The Bertz CT molecular complexity index is 844. The molecule has 3 rings (SSSR count). The van der Waals surface area contributed by atoms with Gasteiger partial charge in [0, 0.05) is 38.1 Å². The van der Waals surface area contributed by atoms with Crippen molar-refractivity contribution in [1.82, 2.24) is 14.7 Å². The lowest BCUT2D eigenvalue weighted by atomic mass is 9.70. The first-order chi connectivity index (χ1) is 13.0. The van der Waals surface area contributed by atoms with E-state index in [1.807, 2.05) is 50.4 Å². The number of allylic oxidation sites excluding steroid dienone is 1. The Hall–Kier alpha value is -2.69. The van der Waals surface area contributed by atoms with Crippen molar-refractivity contribution < 1.29 is 9.59 Å². The summed E-state index contributed by atoms with van der Waals surface area (Å²) in [5, 5.41) is 4.33. The van der Waals surface area contributed by atoms with E-state index in [9.17, 15) is 9.59 Å². The topological polar surface area (TPSA) is 55.2 Å². The molecule has 0 atom stereocenters. The Labute approximate surface area is 160 Å². The zero-order chi connectivity index (χ0) is 19.4. The van der Waals surface area contributed by atoms with Crippen molar-refractivity contribution in [2.45, 2.75) is 45.6 Å². The molecular formula is C22H27N3O2. The number of aromatic nitrogens is 2. The van der Waals surface area contributed by atoms with E-state index in [0.717, 1.165) is 43.7 Å². The van der Waals surface area contributed by atoms with Gasteiger partial charge in [-0.1, -0.05) is 30.3 Å². The number of likely N-dealkylation sites (tertiary alicyclic amines) is 1.